The van der Waals surface area contributed by atoms with Gasteiger partial charge in [-0.25, -0.2) is 14.4 Å². The number of hydrogen-bond acceptors (Lipinski definition) is 9. The number of nitrogens with one attached hydrogen (secondary N) is 2. The van der Waals surface area contributed by atoms with Gasteiger partial charge in [-0.05, 0) is 75.4 Å². The summed E-state index contributed by atoms with van der Waals surface area (Å²) in [5.74, 6) is -0.00656. The van der Waals surface area contributed by atoms with Gasteiger partial charge in [-0.15, -0.1) is 0 Å². The Hall–Kier alpha value is -5.20. The van der Waals surface area contributed by atoms with Crippen LogP contribution in [-0.4, -0.2) is 62.0 Å². The van der Waals surface area contributed by atoms with Crippen molar-refractivity contribution >= 4 is 11.8 Å². The number of likely N-dealkylation sites (tertiary alicyclic amines) is 1. The standard InChI is InChI=1S/C38H41FN6O5/c1-24-23-50-36(43-24)32-10-7-12-45(32)37(48)29-17-27(16-28(18-29)35-42-11-13-49-35)34(47)44-31(15-25-8-5-4-6-9-25)33(46)22-41-20-26-14-30(21-40-19-26)38(2,3)39/h4-6,8-9,11,13-14,16-19,21,23,31-33,41,46H,7,10,12,15,20,22H2,1-3H3,(H,44,47)/t31-,32+,33-/m0/s1. The fourth-order valence-corrected chi connectivity index (χ4v) is 6.15. The Morgan fingerprint density at radius 1 is 1.08 bits per heavy atom. The highest BCUT2D eigenvalue weighted by atomic mass is 19.1. The van der Waals surface area contributed by atoms with Crippen LogP contribution in [0.3, 0.4) is 0 Å². The maximum Gasteiger partial charge on any atom is 0.254 e. The van der Waals surface area contributed by atoms with E-state index in [-0.39, 0.29) is 35.5 Å². The molecule has 0 aliphatic carbocycles. The molecule has 3 N–H and O–H groups in total. The normalized spacial score (nSPS) is 15.9. The van der Waals surface area contributed by atoms with Crippen molar-refractivity contribution in [2.24, 2.45) is 0 Å². The molecule has 1 aliphatic rings. The molecule has 11 nitrogen and oxygen atoms in total. The molecule has 4 heterocycles. The Morgan fingerprint density at radius 3 is 2.60 bits per heavy atom. The number of carbonyl (C=O) groups excluding carboxylic acids is 2. The Labute approximate surface area is 290 Å². The van der Waals surface area contributed by atoms with Gasteiger partial charge in [0.1, 0.15) is 24.2 Å². The largest absolute Gasteiger partial charge is 0.446 e. The van der Waals surface area contributed by atoms with E-state index in [4.69, 9.17) is 8.83 Å². The summed E-state index contributed by atoms with van der Waals surface area (Å²) < 4.78 is 25.7. The average molecular weight is 681 g/mol. The molecule has 0 spiro atoms. The minimum Gasteiger partial charge on any atom is -0.446 e. The Kier molecular flexibility index (Phi) is 10.5. The van der Waals surface area contributed by atoms with Gasteiger partial charge in [-0.2, -0.15) is 0 Å². The zero-order chi connectivity index (χ0) is 35.3. The first-order chi connectivity index (χ1) is 24.0. The molecule has 1 aliphatic heterocycles. The average Bonchev–Trinajstić information content (AvgIpc) is 3.90. The molecule has 0 bridgehead atoms. The predicted molar refractivity (Wildman–Crippen MR) is 184 cm³/mol. The second kappa shape index (κ2) is 15.1. The number of aliphatic hydroxyl groups is 1. The molecular formula is C38H41FN6O5. The van der Waals surface area contributed by atoms with Gasteiger partial charge >= 0.3 is 0 Å². The second-order valence-electron chi connectivity index (χ2n) is 13.1. The van der Waals surface area contributed by atoms with E-state index in [9.17, 15) is 19.1 Å². The number of halogens is 1. The Morgan fingerprint density at radius 2 is 1.88 bits per heavy atom. The summed E-state index contributed by atoms with van der Waals surface area (Å²) in [7, 11) is 0. The number of hydrogen-bond donors (Lipinski definition) is 3. The van der Waals surface area contributed by atoms with E-state index in [0.717, 1.165) is 23.2 Å². The molecule has 50 heavy (non-hydrogen) atoms. The third-order valence-corrected chi connectivity index (χ3v) is 8.80. The van der Waals surface area contributed by atoms with Crippen LogP contribution in [0.2, 0.25) is 0 Å². The number of benzene rings is 2. The van der Waals surface area contributed by atoms with Gasteiger partial charge in [-0.1, -0.05) is 30.3 Å². The lowest BCUT2D eigenvalue weighted by atomic mass is 9.99. The molecule has 0 radical (unpaired) electrons. The van der Waals surface area contributed by atoms with E-state index in [1.807, 2.05) is 37.3 Å². The molecule has 1 saturated heterocycles. The highest BCUT2D eigenvalue weighted by Gasteiger charge is 2.34. The molecule has 0 unspecified atom stereocenters. The number of aromatic nitrogens is 3. The van der Waals surface area contributed by atoms with E-state index in [1.54, 1.807) is 41.6 Å². The summed E-state index contributed by atoms with van der Waals surface area (Å²) >= 11 is 0. The summed E-state index contributed by atoms with van der Waals surface area (Å²) in [6.07, 6.45) is 8.48. The van der Waals surface area contributed by atoms with Crippen LogP contribution in [0.5, 0.6) is 0 Å². The van der Waals surface area contributed by atoms with Crippen molar-refractivity contribution in [3.8, 4) is 11.5 Å². The fourth-order valence-electron chi connectivity index (χ4n) is 6.15. The first-order valence-corrected chi connectivity index (χ1v) is 16.7. The minimum atomic E-state index is -1.53. The molecule has 2 aromatic carbocycles. The minimum absolute atomic E-state index is 0.137. The third-order valence-electron chi connectivity index (χ3n) is 8.80. The molecule has 3 atom stereocenters. The number of amides is 2. The molecule has 2 amide bonds. The lowest BCUT2D eigenvalue weighted by molar-refractivity contribution is 0.0715. The molecule has 0 saturated carbocycles. The van der Waals surface area contributed by atoms with Crippen LogP contribution in [0.4, 0.5) is 4.39 Å². The third kappa shape index (κ3) is 8.32. The topological polar surface area (TPSA) is 147 Å². The van der Waals surface area contributed by atoms with Crippen LogP contribution in [0.25, 0.3) is 11.5 Å². The quantitative estimate of drug-likeness (QED) is 0.142. The Bertz CT molecular complexity index is 1910. The van der Waals surface area contributed by atoms with Gasteiger partial charge < -0.3 is 29.5 Å². The van der Waals surface area contributed by atoms with Crippen molar-refractivity contribution in [3.63, 3.8) is 0 Å². The molecule has 12 heteroatoms. The van der Waals surface area contributed by atoms with Crippen molar-refractivity contribution in [2.75, 3.05) is 13.1 Å². The zero-order valence-corrected chi connectivity index (χ0v) is 28.3. The van der Waals surface area contributed by atoms with Gasteiger partial charge in [-0.3, -0.25) is 14.6 Å². The van der Waals surface area contributed by atoms with Gasteiger partial charge in [0.15, 0.2) is 0 Å². The van der Waals surface area contributed by atoms with Gasteiger partial charge in [0, 0.05) is 54.3 Å². The number of aryl methyl sites for hydroxylation is 1. The Balaban J connectivity index is 1.23. The van der Waals surface area contributed by atoms with Gasteiger partial charge in [0.25, 0.3) is 11.8 Å². The summed E-state index contributed by atoms with van der Waals surface area (Å²) in [4.78, 5) is 42.6. The number of nitrogens with zero attached hydrogens (tertiary/aromatic N) is 4. The van der Waals surface area contributed by atoms with Crippen LogP contribution in [-0.2, 0) is 18.6 Å². The van der Waals surface area contributed by atoms with E-state index in [0.29, 0.717) is 42.9 Å². The van der Waals surface area contributed by atoms with E-state index in [1.165, 1.54) is 32.5 Å². The van der Waals surface area contributed by atoms with Crippen LogP contribution in [0.15, 0.2) is 94.5 Å². The maximum absolute atomic E-state index is 14.5. The number of carbonyl (C=O) groups is 2. The number of oxazole rings is 2. The molecular weight excluding hydrogens is 639 g/mol. The van der Waals surface area contributed by atoms with Crippen LogP contribution >= 0.6 is 0 Å². The smallest absolute Gasteiger partial charge is 0.254 e. The number of pyridine rings is 1. The monoisotopic (exact) mass is 680 g/mol. The second-order valence-corrected chi connectivity index (χ2v) is 13.1. The highest BCUT2D eigenvalue weighted by molar-refractivity contribution is 6.01. The van der Waals surface area contributed by atoms with Gasteiger partial charge in [0.2, 0.25) is 11.8 Å². The predicted octanol–water partition coefficient (Wildman–Crippen LogP) is 5.71. The first-order valence-electron chi connectivity index (χ1n) is 16.7. The van der Waals surface area contributed by atoms with Crippen molar-refractivity contribution in [2.45, 2.75) is 70.4 Å². The van der Waals surface area contributed by atoms with E-state index in [2.05, 4.69) is 25.6 Å². The molecule has 1 fully saturated rings. The van der Waals surface area contributed by atoms with Crippen LogP contribution in [0, 0.1) is 6.92 Å². The lowest BCUT2D eigenvalue weighted by Gasteiger charge is -2.26. The molecule has 260 valence electrons. The van der Waals surface area contributed by atoms with Crippen molar-refractivity contribution in [1.29, 1.82) is 0 Å². The van der Waals surface area contributed by atoms with Crippen molar-refractivity contribution in [3.05, 3.63) is 125 Å². The van der Waals surface area contributed by atoms with Crippen LogP contribution in [0.1, 0.15) is 81.7 Å². The van der Waals surface area contributed by atoms with Crippen molar-refractivity contribution in [1.82, 2.24) is 30.5 Å². The van der Waals surface area contributed by atoms with Crippen LogP contribution < -0.4 is 10.6 Å². The zero-order valence-electron chi connectivity index (χ0n) is 28.3. The first kappa shape index (κ1) is 34.7. The van der Waals surface area contributed by atoms with Gasteiger partial charge in [0.05, 0.1) is 24.0 Å². The molecule has 3 aromatic heterocycles. The summed E-state index contributed by atoms with van der Waals surface area (Å²) in [6, 6.07) is 15.1. The number of alkyl halides is 1. The SMILES string of the molecule is Cc1coc([C@H]2CCCN2C(=O)c2cc(C(=O)N[C@@H](Cc3ccccc3)[C@@H](O)CNCc3cncc(C(C)(C)F)c3)cc(-c3ncco3)c2)n1. The number of aliphatic hydroxyl groups excluding tert-OH is 1. The lowest BCUT2D eigenvalue weighted by Crippen LogP contribution is -2.48. The molecule has 5 aromatic rings. The summed E-state index contributed by atoms with van der Waals surface area (Å²) in [5, 5.41) is 17.6. The number of rotatable bonds is 13. The van der Waals surface area contributed by atoms with E-state index < -0.39 is 23.7 Å². The summed E-state index contributed by atoms with van der Waals surface area (Å²) in [5.41, 5.74) is 2.31. The maximum atomic E-state index is 14.5. The fraction of sp³-hybridized carbons (Fsp3) is 0.342. The highest BCUT2D eigenvalue weighted by Crippen LogP contribution is 2.33. The summed E-state index contributed by atoms with van der Waals surface area (Å²) in [6.45, 7) is 5.78. The van der Waals surface area contributed by atoms with E-state index >= 15 is 0 Å². The molecule has 6 rings (SSSR count). The van der Waals surface area contributed by atoms with Crippen molar-refractivity contribution < 1.29 is 27.9 Å².